The van der Waals surface area contributed by atoms with Gasteiger partial charge in [-0.05, 0) is 127 Å². The van der Waals surface area contributed by atoms with Crippen LogP contribution in [0.2, 0.25) is 0 Å². The fourth-order valence-electron chi connectivity index (χ4n) is 12.1. The van der Waals surface area contributed by atoms with Crippen LogP contribution in [0.25, 0.3) is 0 Å². The first kappa shape index (κ1) is 52.5. The lowest BCUT2D eigenvalue weighted by Crippen LogP contribution is -2.44. The molecule has 3 aromatic carbocycles. The number of rotatable bonds is 15. The maximum absolute atomic E-state index is 12.6. The molecule has 6 heterocycles. The van der Waals surface area contributed by atoms with Crippen molar-refractivity contribution in [2.45, 2.75) is 71.4 Å². The summed E-state index contributed by atoms with van der Waals surface area (Å²) in [5.74, 6) is 2.00. The average molecular weight is 978 g/mol. The van der Waals surface area contributed by atoms with Crippen LogP contribution >= 0.6 is 0 Å². The predicted molar refractivity (Wildman–Crippen MR) is 287 cm³/mol. The second-order valence-electron chi connectivity index (χ2n) is 23.4. The number of phenols is 3. The van der Waals surface area contributed by atoms with E-state index in [-0.39, 0.29) is 0 Å². The smallest absolute Gasteiger partial charge is 0.124 e. The van der Waals surface area contributed by atoms with Crippen LogP contribution in [-0.2, 0) is 44.7 Å². The molecule has 0 aliphatic carbocycles. The van der Waals surface area contributed by atoms with Gasteiger partial charge in [-0.3, -0.25) is 29.4 Å². The molecule has 0 amide bonds. The third-order valence-electron chi connectivity index (χ3n) is 17.8. The highest BCUT2D eigenvalue weighted by Gasteiger charge is 2.37. The van der Waals surface area contributed by atoms with Gasteiger partial charge >= 0.3 is 0 Å². The summed E-state index contributed by atoms with van der Waals surface area (Å²) in [5, 5.41) is 37.7. The highest BCUT2D eigenvalue weighted by atomic mass is 16.3. The minimum Gasteiger partial charge on any atom is -0.507 e. The number of nitrogens with zero attached hydrogens (tertiary/aromatic N) is 11. The SMILES string of the molecule is CC1CCN(Cc2cc(C(C)(c3cc(CN4CCN(C)CC4)c(O)c(CN4CCN(C)CC4)c3)c3cc(CN4CCN(C)CC4)c(O)c(CN4CCN(C)CC4)c3)cc(CN3CCN(C)CC3)c2O)CC1. The van der Waals surface area contributed by atoms with E-state index in [0.717, 1.165) is 194 Å². The molecular weight excluding hydrogens is 887 g/mol. The summed E-state index contributed by atoms with van der Waals surface area (Å²) < 4.78 is 0. The third kappa shape index (κ3) is 12.9. The second kappa shape index (κ2) is 23.4. The van der Waals surface area contributed by atoms with Crippen molar-refractivity contribution in [2.24, 2.45) is 5.92 Å². The van der Waals surface area contributed by atoms with Crippen LogP contribution < -0.4 is 0 Å². The summed E-state index contributed by atoms with van der Waals surface area (Å²) in [5.41, 5.74) is 8.63. The minimum absolute atomic E-state index is 0.424. The van der Waals surface area contributed by atoms with Gasteiger partial charge in [0.2, 0.25) is 0 Å². The highest BCUT2D eigenvalue weighted by Crippen LogP contribution is 2.46. The molecule has 6 saturated heterocycles. The van der Waals surface area contributed by atoms with Gasteiger partial charge in [-0.1, -0.05) is 6.92 Å². The lowest BCUT2D eigenvalue weighted by atomic mass is 9.68. The lowest BCUT2D eigenvalue weighted by Gasteiger charge is -2.38. The van der Waals surface area contributed by atoms with Crippen molar-refractivity contribution in [3.05, 3.63) is 86.5 Å². The van der Waals surface area contributed by atoms with Gasteiger partial charge in [-0.2, -0.15) is 0 Å². The van der Waals surface area contributed by atoms with Crippen LogP contribution in [0.3, 0.4) is 0 Å². The van der Waals surface area contributed by atoms with E-state index in [0.29, 0.717) is 62.4 Å². The molecule has 6 aliphatic heterocycles. The van der Waals surface area contributed by atoms with Crippen LogP contribution in [0.1, 0.15) is 76.8 Å². The van der Waals surface area contributed by atoms with E-state index in [1.807, 2.05) is 0 Å². The second-order valence-corrected chi connectivity index (χ2v) is 23.4. The molecule has 6 fully saturated rings. The number of benzene rings is 3. The number of hydrogen-bond donors (Lipinski definition) is 3. The van der Waals surface area contributed by atoms with E-state index in [9.17, 15) is 15.3 Å². The maximum atomic E-state index is 12.6. The molecule has 392 valence electrons. The quantitative estimate of drug-likeness (QED) is 0.191. The minimum atomic E-state index is -0.738. The predicted octanol–water partition coefficient (Wildman–Crippen LogP) is 4.13. The van der Waals surface area contributed by atoms with Gasteiger partial charge in [0.1, 0.15) is 17.2 Å². The van der Waals surface area contributed by atoms with Crippen LogP contribution in [0.5, 0.6) is 17.2 Å². The number of phenolic OH excluding ortho intramolecular Hbond substituents is 3. The Kier molecular flexibility index (Phi) is 17.3. The lowest BCUT2D eigenvalue weighted by molar-refractivity contribution is 0.144. The van der Waals surface area contributed by atoms with Gasteiger partial charge in [0.15, 0.2) is 0 Å². The van der Waals surface area contributed by atoms with Gasteiger partial charge in [0.25, 0.3) is 0 Å². The van der Waals surface area contributed by atoms with Crippen LogP contribution in [0, 0.1) is 5.92 Å². The number of piperazine rings is 5. The van der Waals surface area contributed by atoms with Crippen molar-refractivity contribution in [1.29, 1.82) is 0 Å². The Bertz CT molecular complexity index is 1830. The van der Waals surface area contributed by atoms with E-state index in [4.69, 9.17) is 0 Å². The van der Waals surface area contributed by atoms with Crippen molar-refractivity contribution in [3.63, 3.8) is 0 Å². The number of hydrogen-bond acceptors (Lipinski definition) is 14. The van der Waals surface area contributed by atoms with Crippen molar-refractivity contribution in [2.75, 3.05) is 179 Å². The number of aromatic hydroxyl groups is 3. The first-order chi connectivity index (χ1) is 34.2. The Hall–Kier alpha value is -3.38. The van der Waals surface area contributed by atoms with Crippen LogP contribution in [-0.4, -0.2) is 248 Å². The number of likely N-dealkylation sites (tertiary alicyclic amines) is 1. The average Bonchev–Trinajstić information content (AvgIpc) is 3.36. The molecule has 14 heteroatoms. The van der Waals surface area contributed by atoms with Gasteiger partial charge in [-0.25, -0.2) is 0 Å². The first-order valence-corrected chi connectivity index (χ1v) is 27.5. The van der Waals surface area contributed by atoms with Crippen molar-refractivity contribution >= 4 is 0 Å². The van der Waals surface area contributed by atoms with E-state index in [1.54, 1.807) is 0 Å². The summed E-state index contributed by atoms with van der Waals surface area (Å²) in [6.45, 7) is 30.6. The Labute approximate surface area is 427 Å². The molecule has 3 aromatic rings. The molecule has 14 nitrogen and oxygen atoms in total. The van der Waals surface area contributed by atoms with E-state index in [2.05, 4.69) is 139 Å². The maximum Gasteiger partial charge on any atom is 0.124 e. The largest absolute Gasteiger partial charge is 0.507 e. The summed E-state index contributed by atoms with van der Waals surface area (Å²) in [6, 6.07) is 14.1. The van der Waals surface area contributed by atoms with Crippen molar-refractivity contribution in [1.82, 2.24) is 53.9 Å². The summed E-state index contributed by atoms with van der Waals surface area (Å²) in [7, 11) is 11.0. The Balaban J connectivity index is 1.24. The first-order valence-electron chi connectivity index (χ1n) is 27.5. The Morgan fingerprint density at radius 1 is 0.338 bits per heavy atom. The molecule has 6 aliphatic rings. The van der Waals surface area contributed by atoms with E-state index < -0.39 is 5.41 Å². The van der Waals surface area contributed by atoms with Gasteiger partial charge in [0.05, 0.1) is 0 Å². The van der Waals surface area contributed by atoms with Gasteiger partial charge in [-0.15, -0.1) is 0 Å². The summed E-state index contributed by atoms with van der Waals surface area (Å²) in [6.07, 6.45) is 2.34. The molecule has 0 unspecified atom stereocenters. The highest BCUT2D eigenvalue weighted by molar-refractivity contribution is 5.60. The van der Waals surface area contributed by atoms with Crippen LogP contribution in [0.15, 0.2) is 36.4 Å². The zero-order valence-electron chi connectivity index (χ0n) is 45.0. The van der Waals surface area contributed by atoms with Gasteiger partial charge in [0, 0.05) is 209 Å². The molecule has 9 rings (SSSR count). The number of piperidine rings is 1. The number of likely N-dealkylation sites (N-methyl/N-ethyl adjacent to an activating group) is 5. The standard InChI is InChI=1S/C57H91N11O3/c1-44-8-10-63(11-9-44)38-45-32-51(33-46(54(45)69)39-64-22-12-58(3)13-23-64)57(2,52-34-47(40-65-24-14-59(4)15-25-65)55(70)48(35-52)41-66-26-16-60(5)17-27-66)53-36-49(42-67-28-18-61(6)19-29-67)56(71)50(37-53)43-68-30-20-62(7)21-31-68/h32-37,44,69-71H,8-31,38-43H2,1-7H3. The molecule has 0 bridgehead atoms. The zero-order chi connectivity index (χ0) is 49.8. The van der Waals surface area contributed by atoms with E-state index in [1.165, 1.54) is 12.8 Å². The van der Waals surface area contributed by atoms with Crippen molar-refractivity contribution in [3.8, 4) is 17.2 Å². The molecule has 0 atom stereocenters. The van der Waals surface area contributed by atoms with E-state index >= 15 is 0 Å². The third-order valence-corrected chi connectivity index (χ3v) is 17.8. The molecule has 0 aromatic heterocycles. The summed E-state index contributed by atoms with van der Waals surface area (Å²) >= 11 is 0. The molecule has 3 N–H and O–H groups in total. The fraction of sp³-hybridized carbons (Fsp3) is 0.684. The molecule has 0 saturated carbocycles. The zero-order valence-corrected chi connectivity index (χ0v) is 45.0. The Morgan fingerprint density at radius 3 is 0.718 bits per heavy atom. The monoisotopic (exact) mass is 978 g/mol. The topological polar surface area (TPSA) is 96.3 Å². The van der Waals surface area contributed by atoms with Crippen molar-refractivity contribution < 1.29 is 15.3 Å². The van der Waals surface area contributed by atoms with Crippen LogP contribution in [0.4, 0.5) is 0 Å². The molecule has 71 heavy (non-hydrogen) atoms. The Morgan fingerprint density at radius 2 is 0.521 bits per heavy atom. The van der Waals surface area contributed by atoms with Gasteiger partial charge < -0.3 is 39.8 Å². The normalized spacial score (nSPS) is 23.0. The summed E-state index contributed by atoms with van der Waals surface area (Å²) in [4.78, 5) is 27.2. The molecule has 0 radical (unpaired) electrons. The molecular formula is C57H91N11O3. The molecule has 0 spiro atoms. The fourth-order valence-corrected chi connectivity index (χ4v) is 12.1.